The molecule has 1 fully saturated rings. The Hall–Kier alpha value is -3.77. The smallest absolute Gasteiger partial charge is 0.267 e. The fraction of sp³-hybridized carbons (Fsp3) is 0.0690. The summed E-state index contributed by atoms with van der Waals surface area (Å²) in [5.41, 5.74) is 2.78. The van der Waals surface area contributed by atoms with Crippen LogP contribution in [0.4, 0.5) is 5.69 Å². The molecule has 1 amide bonds. The van der Waals surface area contributed by atoms with Crippen LogP contribution in [0.15, 0.2) is 104 Å². The summed E-state index contributed by atoms with van der Waals surface area (Å²) in [4.78, 5) is 20.2. The number of ether oxygens (including phenoxy) is 1. The van der Waals surface area contributed by atoms with Gasteiger partial charge in [-0.1, -0.05) is 48.0 Å². The number of hydrogen-bond donors (Lipinski definition) is 0. The van der Waals surface area contributed by atoms with Crippen molar-refractivity contribution in [3.8, 4) is 11.8 Å². The second-order valence-corrected chi connectivity index (χ2v) is 10.5. The summed E-state index contributed by atoms with van der Waals surface area (Å²) in [6.45, 7) is 0.459. The molecule has 9 heteroatoms. The number of nitrogens with zero attached hydrogens (tertiary/aromatic N) is 3. The van der Waals surface area contributed by atoms with Crippen LogP contribution in [-0.2, 0) is 17.9 Å². The summed E-state index contributed by atoms with van der Waals surface area (Å²) in [6, 6.07) is 26.1. The van der Waals surface area contributed by atoms with Crippen LogP contribution < -0.4 is 4.74 Å². The number of rotatable bonds is 7. The number of amidine groups is 1. The van der Waals surface area contributed by atoms with Gasteiger partial charge in [0.2, 0.25) is 0 Å². The Morgan fingerprint density at radius 2 is 1.89 bits per heavy atom. The number of carbonyl (C=O) groups excluding carboxylic acids is 1. The van der Waals surface area contributed by atoms with Crippen molar-refractivity contribution in [1.29, 1.82) is 5.26 Å². The number of carbonyl (C=O) groups is 1. The second-order valence-electron chi connectivity index (χ2n) is 8.18. The first-order chi connectivity index (χ1) is 18.5. The Bertz CT molecular complexity index is 1560. The van der Waals surface area contributed by atoms with E-state index in [0.717, 1.165) is 16.8 Å². The fourth-order valence-corrected chi connectivity index (χ4v) is 5.75. The zero-order valence-electron chi connectivity index (χ0n) is 19.8. The number of amides is 1. The van der Waals surface area contributed by atoms with E-state index < -0.39 is 0 Å². The topological polar surface area (TPSA) is 78.8 Å². The predicted octanol–water partition coefficient (Wildman–Crippen LogP) is 7.95. The average molecular weight is 605 g/mol. The van der Waals surface area contributed by atoms with Crippen molar-refractivity contribution < 1.29 is 13.9 Å². The third-order valence-corrected chi connectivity index (χ3v) is 7.47. The third-order valence-electron chi connectivity index (χ3n) is 5.59. The summed E-state index contributed by atoms with van der Waals surface area (Å²) < 4.78 is 12.0. The zero-order chi connectivity index (χ0) is 26.5. The van der Waals surface area contributed by atoms with Gasteiger partial charge in [0.05, 0.1) is 44.5 Å². The summed E-state index contributed by atoms with van der Waals surface area (Å²) in [5, 5.41) is 10.3. The normalized spacial score (nSPS) is 15.3. The number of para-hydroxylation sites is 1. The van der Waals surface area contributed by atoms with Crippen LogP contribution in [0.2, 0.25) is 5.02 Å². The number of nitriles is 1. The molecule has 2 heterocycles. The Morgan fingerprint density at radius 1 is 1.11 bits per heavy atom. The molecule has 38 heavy (non-hydrogen) atoms. The Labute approximate surface area is 237 Å². The second kappa shape index (κ2) is 11.7. The van der Waals surface area contributed by atoms with E-state index in [0.29, 0.717) is 36.6 Å². The van der Waals surface area contributed by atoms with E-state index in [4.69, 9.17) is 25.7 Å². The van der Waals surface area contributed by atoms with E-state index in [2.05, 4.69) is 22.0 Å². The zero-order valence-corrected chi connectivity index (χ0v) is 23.0. The minimum atomic E-state index is -0.179. The van der Waals surface area contributed by atoms with Crippen molar-refractivity contribution in [3.63, 3.8) is 0 Å². The monoisotopic (exact) mass is 603 g/mol. The highest BCUT2D eigenvalue weighted by molar-refractivity contribution is 9.10. The molecule has 0 saturated carbocycles. The van der Waals surface area contributed by atoms with Gasteiger partial charge in [0.15, 0.2) is 10.9 Å². The SMILES string of the molecule is N#Cc1ccccc1COc1c(Cl)cc(/C=C2/SC(=Nc3ccccc3)N(Cc3ccco3)C2=O)cc1Br. The van der Waals surface area contributed by atoms with Crippen LogP contribution in [0.25, 0.3) is 6.08 Å². The van der Waals surface area contributed by atoms with Crippen molar-refractivity contribution >= 4 is 62.1 Å². The molecule has 0 aliphatic carbocycles. The van der Waals surface area contributed by atoms with E-state index in [1.165, 1.54) is 11.8 Å². The van der Waals surface area contributed by atoms with Crippen LogP contribution in [0.5, 0.6) is 5.75 Å². The lowest BCUT2D eigenvalue weighted by Gasteiger charge is -2.14. The molecule has 0 spiro atoms. The maximum absolute atomic E-state index is 13.4. The predicted molar refractivity (Wildman–Crippen MR) is 153 cm³/mol. The molecule has 6 nitrogen and oxygen atoms in total. The highest BCUT2D eigenvalue weighted by Crippen LogP contribution is 2.39. The minimum Gasteiger partial charge on any atom is -0.486 e. The number of aliphatic imine (C=N–C) groups is 1. The molecule has 0 radical (unpaired) electrons. The number of benzene rings is 3. The highest BCUT2D eigenvalue weighted by Gasteiger charge is 2.34. The van der Waals surface area contributed by atoms with Gasteiger partial charge in [-0.05, 0) is 81.8 Å². The van der Waals surface area contributed by atoms with Crippen LogP contribution in [-0.4, -0.2) is 16.0 Å². The van der Waals surface area contributed by atoms with E-state index in [1.807, 2.05) is 54.6 Å². The fourth-order valence-electron chi connectivity index (χ4n) is 3.76. The molecule has 1 aromatic heterocycles. The molecule has 3 aromatic carbocycles. The quantitative estimate of drug-likeness (QED) is 0.200. The lowest BCUT2D eigenvalue weighted by Crippen LogP contribution is -2.28. The first-order valence-corrected chi connectivity index (χ1v) is 13.5. The number of halogens is 2. The molecule has 1 aliphatic heterocycles. The molecule has 1 aliphatic rings. The summed E-state index contributed by atoms with van der Waals surface area (Å²) in [6.07, 6.45) is 3.36. The van der Waals surface area contributed by atoms with Gasteiger partial charge in [0, 0.05) is 5.56 Å². The summed E-state index contributed by atoms with van der Waals surface area (Å²) in [5.74, 6) is 0.936. The largest absolute Gasteiger partial charge is 0.486 e. The average Bonchev–Trinajstić information content (AvgIpc) is 3.53. The Morgan fingerprint density at radius 3 is 2.63 bits per heavy atom. The van der Waals surface area contributed by atoms with Gasteiger partial charge in [-0.3, -0.25) is 9.69 Å². The van der Waals surface area contributed by atoms with Crippen LogP contribution in [0, 0.1) is 11.3 Å². The van der Waals surface area contributed by atoms with Gasteiger partial charge < -0.3 is 9.15 Å². The standard InChI is InChI=1S/C29H19BrClN3O3S/c30-24-13-19(14-25(31)27(24)37-18-21-8-5-4-7-20(21)16-32)15-26-28(35)34(17-23-11-6-12-36-23)29(38-26)33-22-9-2-1-3-10-22/h1-15H,17-18H2/b26-15+,33-29?. The molecule has 0 N–H and O–H groups in total. The van der Waals surface area contributed by atoms with Gasteiger partial charge in [-0.25, -0.2) is 4.99 Å². The van der Waals surface area contributed by atoms with Crippen molar-refractivity contribution in [2.75, 3.05) is 0 Å². The molecular weight excluding hydrogens is 586 g/mol. The van der Waals surface area contributed by atoms with E-state index in [-0.39, 0.29) is 19.1 Å². The minimum absolute atomic E-state index is 0.179. The van der Waals surface area contributed by atoms with Crippen LogP contribution in [0.3, 0.4) is 0 Å². The maximum Gasteiger partial charge on any atom is 0.267 e. The third kappa shape index (κ3) is 5.86. The molecule has 0 atom stereocenters. The Balaban J connectivity index is 1.41. The molecule has 0 bridgehead atoms. The molecule has 4 aromatic rings. The summed E-state index contributed by atoms with van der Waals surface area (Å²) >= 11 is 11.4. The van der Waals surface area contributed by atoms with Crippen molar-refractivity contribution in [1.82, 2.24) is 4.90 Å². The van der Waals surface area contributed by atoms with Crippen LogP contribution >= 0.6 is 39.3 Å². The van der Waals surface area contributed by atoms with E-state index >= 15 is 0 Å². The molecular formula is C29H19BrClN3O3S. The first-order valence-electron chi connectivity index (χ1n) is 11.5. The van der Waals surface area contributed by atoms with Gasteiger partial charge in [-0.15, -0.1) is 0 Å². The van der Waals surface area contributed by atoms with Crippen LogP contribution in [0.1, 0.15) is 22.5 Å². The molecule has 188 valence electrons. The lowest BCUT2D eigenvalue weighted by atomic mass is 10.1. The maximum atomic E-state index is 13.4. The van der Waals surface area contributed by atoms with Gasteiger partial charge in [-0.2, -0.15) is 5.26 Å². The molecule has 1 saturated heterocycles. The highest BCUT2D eigenvalue weighted by atomic mass is 79.9. The van der Waals surface area contributed by atoms with Gasteiger partial charge in [0.1, 0.15) is 12.4 Å². The number of thioether (sulfide) groups is 1. The molecule has 5 rings (SSSR count). The number of hydrogen-bond acceptors (Lipinski definition) is 6. The summed E-state index contributed by atoms with van der Waals surface area (Å²) in [7, 11) is 0. The van der Waals surface area contributed by atoms with E-state index in [1.54, 1.807) is 41.5 Å². The van der Waals surface area contributed by atoms with E-state index in [9.17, 15) is 10.1 Å². The van der Waals surface area contributed by atoms with Crippen molar-refractivity contribution in [2.45, 2.75) is 13.2 Å². The molecule has 0 unspecified atom stereocenters. The van der Waals surface area contributed by atoms with Gasteiger partial charge in [0.25, 0.3) is 5.91 Å². The van der Waals surface area contributed by atoms with Gasteiger partial charge >= 0.3 is 0 Å². The van der Waals surface area contributed by atoms with Crippen molar-refractivity contribution in [2.24, 2.45) is 4.99 Å². The lowest BCUT2D eigenvalue weighted by molar-refractivity contribution is -0.122. The first kappa shape index (κ1) is 25.9. The Kier molecular flexibility index (Phi) is 7.99. The van der Waals surface area contributed by atoms with Crippen molar-refractivity contribution in [3.05, 3.63) is 122 Å². The number of furan rings is 1.